The lowest BCUT2D eigenvalue weighted by molar-refractivity contribution is 0.575. The molecule has 0 bridgehead atoms. The fourth-order valence-corrected chi connectivity index (χ4v) is 1.83. The molecule has 1 aromatic rings. The van der Waals surface area contributed by atoms with Crippen LogP contribution in [-0.4, -0.2) is 27.2 Å². The van der Waals surface area contributed by atoms with E-state index in [1.165, 1.54) is 0 Å². The average molecular weight is 224 g/mol. The molecule has 90 valence electrons. The normalized spacial score (nSPS) is 12.1. The number of nitrogens with one attached hydrogen (secondary N) is 1. The third kappa shape index (κ3) is 2.16. The molecule has 0 heterocycles. The van der Waals surface area contributed by atoms with Crippen molar-refractivity contribution in [3.8, 4) is 0 Å². The lowest BCUT2D eigenvalue weighted by Gasteiger charge is -2.29. The quantitative estimate of drug-likeness (QED) is 0.744. The summed E-state index contributed by atoms with van der Waals surface area (Å²) in [5.74, 6) is 0. The monoisotopic (exact) mass is 224 g/mol. The molecule has 0 aliphatic carbocycles. The molecule has 0 aliphatic rings. The van der Waals surface area contributed by atoms with E-state index in [0.717, 1.165) is 13.1 Å². The van der Waals surface area contributed by atoms with Crippen LogP contribution in [0.25, 0.3) is 0 Å². The first-order valence-corrected chi connectivity index (χ1v) is 5.50. The summed E-state index contributed by atoms with van der Waals surface area (Å²) < 4.78 is 0. The second kappa shape index (κ2) is 4.37. The van der Waals surface area contributed by atoms with Gasteiger partial charge in [0.25, 0.3) is 0 Å². The van der Waals surface area contributed by atoms with Crippen LogP contribution in [0, 0.1) is 0 Å². The first kappa shape index (κ1) is 12.9. The summed E-state index contributed by atoms with van der Waals surface area (Å²) in [6.07, 6.45) is 0. The molecule has 1 aromatic carbocycles. The van der Waals surface area contributed by atoms with Gasteiger partial charge in [-0.25, -0.2) is 0 Å². The van der Waals surface area contributed by atoms with Crippen molar-refractivity contribution in [2.45, 2.75) is 26.2 Å². The summed E-state index contributed by atoms with van der Waals surface area (Å²) in [6, 6.07) is 0. The number of rotatable bonds is 4. The zero-order chi connectivity index (χ0) is 12.5. The number of anilines is 1. The molecule has 0 amide bonds. The van der Waals surface area contributed by atoms with E-state index in [-0.39, 0.29) is 16.3 Å². The van der Waals surface area contributed by atoms with Gasteiger partial charge in [0.2, 0.25) is 10.9 Å². The van der Waals surface area contributed by atoms with Gasteiger partial charge in [-0.15, -0.1) is 0 Å². The van der Waals surface area contributed by atoms with Crippen LogP contribution in [0.3, 0.4) is 0 Å². The van der Waals surface area contributed by atoms with Gasteiger partial charge in [-0.05, 0) is 12.5 Å². The second-order valence-corrected chi connectivity index (χ2v) is 5.16. The maximum Gasteiger partial charge on any atom is 0.249 e. The maximum absolute atomic E-state index is 11.6. The van der Waals surface area contributed by atoms with Crippen molar-refractivity contribution >= 4 is 5.69 Å². The molecule has 0 saturated heterocycles. The van der Waals surface area contributed by atoms with Gasteiger partial charge in [0.05, 0.1) is 5.69 Å². The van der Waals surface area contributed by atoms with Gasteiger partial charge in [0.1, 0.15) is 0 Å². The third-order valence-corrected chi connectivity index (χ3v) is 2.71. The minimum atomic E-state index is -0.344. The molecule has 16 heavy (non-hydrogen) atoms. The standard InChI is InChI=1S/C12H20N2O2/c1-12(2,3)8-9(11(16)10(8)15)14(5)7-6-13-4/h13H,6-7H2,1-5H3. The van der Waals surface area contributed by atoms with Crippen LogP contribution in [0.15, 0.2) is 9.59 Å². The number of nitrogens with zero attached hydrogens (tertiary/aromatic N) is 1. The lowest BCUT2D eigenvalue weighted by atomic mass is 9.82. The van der Waals surface area contributed by atoms with Crippen LogP contribution in [-0.2, 0) is 5.41 Å². The molecule has 0 aliphatic heterocycles. The summed E-state index contributed by atoms with van der Waals surface area (Å²) in [7, 11) is 3.71. The van der Waals surface area contributed by atoms with Gasteiger partial charge >= 0.3 is 0 Å². The third-order valence-electron chi connectivity index (χ3n) is 2.71. The van der Waals surface area contributed by atoms with Crippen molar-refractivity contribution in [2.75, 3.05) is 32.1 Å². The molecule has 0 aromatic heterocycles. The second-order valence-electron chi connectivity index (χ2n) is 5.16. The van der Waals surface area contributed by atoms with E-state index in [0.29, 0.717) is 11.3 Å². The first-order valence-electron chi connectivity index (χ1n) is 5.50. The molecule has 4 heteroatoms. The number of hydrogen-bond acceptors (Lipinski definition) is 4. The van der Waals surface area contributed by atoms with Crippen molar-refractivity contribution in [1.82, 2.24) is 5.32 Å². The molecule has 1 N–H and O–H groups in total. The summed E-state index contributed by atoms with van der Waals surface area (Å²) in [6.45, 7) is 7.39. The van der Waals surface area contributed by atoms with Crippen LogP contribution >= 0.6 is 0 Å². The lowest BCUT2D eigenvalue weighted by Crippen LogP contribution is -2.47. The summed E-state index contributed by atoms with van der Waals surface area (Å²) in [5.41, 5.74) is 0.333. The highest BCUT2D eigenvalue weighted by Gasteiger charge is 2.31. The van der Waals surface area contributed by atoms with E-state index in [1.807, 2.05) is 39.8 Å². The predicted molar refractivity (Wildman–Crippen MR) is 67.3 cm³/mol. The molecule has 0 radical (unpaired) electrons. The molecule has 0 saturated carbocycles. The Morgan fingerprint density at radius 1 is 1.19 bits per heavy atom. The van der Waals surface area contributed by atoms with Gasteiger partial charge in [-0.2, -0.15) is 0 Å². The summed E-state index contributed by atoms with van der Waals surface area (Å²) >= 11 is 0. The Hall–Kier alpha value is -1.16. The Balaban J connectivity index is 3.02. The summed E-state index contributed by atoms with van der Waals surface area (Å²) in [4.78, 5) is 25.0. The Labute approximate surface area is 96.0 Å². The van der Waals surface area contributed by atoms with Crippen molar-refractivity contribution in [1.29, 1.82) is 0 Å². The highest BCUT2D eigenvalue weighted by Crippen LogP contribution is 2.27. The Kier molecular flexibility index (Phi) is 3.53. The van der Waals surface area contributed by atoms with Crippen LogP contribution < -0.4 is 21.1 Å². The van der Waals surface area contributed by atoms with Crippen molar-refractivity contribution in [3.63, 3.8) is 0 Å². The van der Waals surface area contributed by atoms with Crippen LogP contribution in [0.1, 0.15) is 26.3 Å². The van der Waals surface area contributed by atoms with E-state index in [4.69, 9.17) is 0 Å². The van der Waals surface area contributed by atoms with Gasteiger partial charge < -0.3 is 10.2 Å². The van der Waals surface area contributed by atoms with E-state index in [9.17, 15) is 9.59 Å². The zero-order valence-corrected chi connectivity index (χ0v) is 10.7. The van der Waals surface area contributed by atoms with Gasteiger partial charge in [-0.3, -0.25) is 9.59 Å². The number of likely N-dealkylation sites (N-methyl/N-ethyl adjacent to an activating group) is 2. The van der Waals surface area contributed by atoms with Crippen LogP contribution in [0.4, 0.5) is 5.69 Å². The Morgan fingerprint density at radius 3 is 2.19 bits per heavy atom. The largest absolute Gasteiger partial charge is 0.370 e. The Morgan fingerprint density at radius 2 is 1.75 bits per heavy atom. The molecule has 0 spiro atoms. The Bertz CT molecular complexity index is 436. The molecular weight excluding hydrogens is 204 g/mol. The van der Waals surface area contributed by atoms with E-state index >= 15 is 0 Å². The van der Waals surface area contributed by atoms with Gasteiger partial charge in [0.15, 0.2) is 0 Å². The van der Waals surface area contributed by atoms with Crippen LogP contribution in [0.5, 0.6) is 0 Å². The van der Waals surface area contributed by atoms with Crippen molar-refractivity contribution < 1.29 is 0 Å². The van der Waals surface area contributed by atoms with E-state index < -0.39 is 0 Å². The van der Waals surface area contributed by atoms with Crippen molar-refractivity contribution in [3.05, 3.63) is 26.0 Å². The highest BCUT2D eigenvalue weighted by atomic mass is 16.2. The SMILES string of the molecule is CNCCN(C)c1c(C(C)(C)C)c(=O)c1=O. The average Bonchev–Trinajstić information content (AvgIpc) is 2.18. The zero-order valence-electron chi connectivity index (χ0n) is 10.7. The van der Waals surface area contributed by atoms with Crippen molar-refractivity contribution in [2.24, 2.45) is 0 Å². The van der Waals surface area contributed by atoms with E-state index in [1.54, 1.807) is 0 Å². The molecule has 4 nitrogen and oxygen atoms in total. The summed E-state index contributed by atoms with van der Waals surface area (Å²) in [5, 5.41) is 3.02. The predicted octanol–water partition coefficient (Wildman–Crippen LogP) is 0.236. The van der Waals surface area contributed by atoms with Gasteiger partial charge in [-0.1, -0.05) is 20.8 Å². The van der Waals surface area contributed by atoms with E-state index in [2.05, 4.69) is 5.32 Å². The smallest absolute Gasteiger partial charge is 0.249 e. The molecule has 1 rings (SSSR count). The van der Waals surface area contributed by atoms with Crippen LogP contribution in [0.2, 0.25) is 0 Å². The molecule has 0 atom stereocenters. The molecule has 0 fully saturated rings. The first-order chi connectivity index (χ1) is 7.30. The fraction of sp³-hybridized carbons (Fsp3) is 0.667. The molecule has 0 unspecified atom stereocenters. The minimum Gasteiger partial charge on any atom is -0.370 e. The molecular formula is C12H20N2O2. The topological polar surface area (TPSA) is 49.4 Å². The highest BCUT2D eigenvalue weighted by molar-refractivity contribution is 5.60. The van der Waals surface area contributed by atoms with Gasteiger partial charge in [0, 0.05) is 25.7 Å². The fourth-order valence-electron chi connectivity index (χ4n) is 1.83. The minimum absolute atomic E-state index is 0.256. The maximum atomic E-state index is 11.6. The number of hydrogen-bond donors (Lipinski definition) is 1.